The molecule has 2 aromatic carbocycles. The number of amides is 1. The van der Waals surface area contributed by atoms with Crippen LogP contribution in [0.2, 0.25) is 0 Å². The van der Waals surface area contributed by atoms with Crippen LogP contribution in [-0.2, 0) is 17.9 Å². The number of carbonyl (C=O) groups is 1. The van der Waals surface area contributed by atoms with Gasteiger partial charge in [0.25, 0.3) is 5.91 Å². The quantitative estimate of drug-likeness (QED) is 0.624. The number of hydrogen-bond acceptors (Lipinski definition) is 3. The van der Waals surface area contributed by atoms with E-state index in [0.29, 0.717) is 18.2 Å². The molecule has 1 amide bonds. The van der Waals surface area contributed by atoms with E-state index in [1.165, 1.54) is 18.4 Å². The van der Waals surface area contributed by atoms with E-state index >= 15 is 0 Å². The summed E-state index contributed by atoms with van der Waals surface area (Å²) < 4.78 is 5.74. The molecule has 0 spiro atoms. The molecule has 0 bridgehead atoms. The highest BCUT2D eigenvalue weighted by Crippen LogP contribution is 2.29. The van der Waals surface area contributed by atoms with E-state index in [2.05, 4.69) is 31.0 Å². The van der Waals surface area contributed by atoms with Gasteiger partial charge in [-0.1, -0.05) is 31.2 Å². The van der Waals surface area contributed by atoms with E-state index in [-0.39, 0.29) is 5.91 Å². The van der Waals surface area contributed by atoms with Crippen molar-refractivity contribution < 1.29 is 9.53 Å². The van der Waals surface area contributed by atoms with Crippen LogP contribution in [0.1, 0.15) is 55.1 Å². The molecule has 1 fully saturated rings. The molecule has 1 saturated carbocycles. The molecule has 0 radical (unpaired) electrons. The first-order chi connectivity index (χ1) is 13.5. The summed E-state index contributed by atoms with van der Waals surface area (Å²) in [5, 5.41) is 2.99. The average Bonchev–Trinajstić information content (AvgIpc) is 3.51. The standard InChI is InChI=1S/C24H32N2O2/c1-4-26(18(2)3)15-19-10-12-22(13-11-19)24(27)25-23-7-5-6-21(14-23)17-28-16-20-8-9-20/h5-7,10-14,18,20H,4,8-9,15-17H2,1-3H3,(H,25,27). The predicted molar refractivity (Wildman–Crippen MR) is 114 cm³/mol. The fraction of sp³-hybridized carbons (Fsp3) is 0.458. The summed E-state index contributed by atoms with van der Waals surface area (Å²) in [6.45, 7) is 9.94. The van der Waals surface area contributed by atoms with Gasteiger partial charge in [0, 0.05) is 30.4 Å². The van der Waals surface area contributed by atoms with Gasteiger partial charge in [-0.3, -0.25) is 9.69 Å². The number of rotatable bonds is 10. The first-order valence-corrected chi connectivity index (χ1v) is 10.4. The lowest BCUT2D eigenvalue weighted by Crippen LogP contribution is -2.29. The number of anilines is 1. The number of hydrogen-bond donors (Lipinski definition) is 1. The molecule has 3 rings (SSSR count). The maximum absolute atomic E-state index is 12.6. The van der Waals surface area contributed by atoms with Crippen molar-refractivity contribution in [3.05, 3.63) is 65.2 Å². The van der Waals surface area contributed by atoms with Crippen molar-refractivity contribution in [2.45, 2.75) is 52.8 Å². The van der Waals surface area contributed by atoms with E-state index in [0.717, 1.165) is 36.9 Å². The Hall–Kier alpha value is -2.17. The molecule has 4 nitrogen and oxygen atoms in total. The lowest BCUT2D eigenvalue weighted by atomic mass is 10.1. The van der Waals surface area contributed by atoms with Gasteiger partial charge < -0.3 is 10.1 Å². The van der Waals surface area contributed by atoms with Crippen molar-refractivity contribution >= 4 is 11.6 Å². The molecule has 0 aliphatic heterocycles. The summed E-state index contributed by atoms with van der Waals surface area (Å²) in [7, 11) is 0. The number of nitrogens with one attached hydrogen (secondary N) is 1. The van der Waals surface area contributed by atoms with Crippen molar-refractivity contribution in [1.82, 2.24) is 4.90 Å². The molecule has 1 N–H and O–H groups in total. The van der Waals surface area contributed by atoms with Crippen LogP contribution in [-0.4, -0.2) is 30.0 Å². The maximum atomic E-state index is 12.6. The van der Waals surface area contributed by atoms with E-state index < -0.39 is 0 Å². The third-order valence-electron chi connectivity index (χ3n) is 5.24. The second-order valence-corrected chi connectivity index (χ2v) is 7.97. The molecule has 1 aliphatic rings. The zero-order valence-corrected chi connectivity index (χ0v) is 17.3. The normalized spacial score (nSPS) is 13.9. The highest BCUT2D eigenvalue weighted by Gasteiger charge is 2.21. The monoisotopic (exact) mass is 380 g/mol. The molecule has 0 aromatic heterocycles. The molecule has 0 atom stereocenters. The molecular formula is C24H32N2O2. The Morgan fingerprint density at radius 3 is 2.54 bits per heavy atom. The topological polar surface area (TPSA) is 41.6 Å². The van der Waals surface area contributed by atoms with Gasteiger partial charge in [0.15, 0.2) is 0 Å². The molecule has 0 unspecified atom stereocenters. The molecule has 0 saturated heterocycles. The van der Waals surface area contributed by atoms with Crippen LogP contribution in [0.5, 0.6) is 0 Å². The molecule has 1 aliphatic carbocycles. The third kappa shape index (κ3) is 6.18. The maximum Gasteiger partial charge on any atom is 0.255 e. The number of benzene rings is 2. The lowest BCUT2D eigenvalue weighted by Gasteiger charge is -2.24. The fourth-order valence-corrected chi connectivity index (χ4v) is 3.23. The van der Waals surface area contributed by atoms with E-state index in [4.69, 9.17) is 4.74 Å². The average molecular weight is 381 g/mol. The first-order valence-electron chi connectivity index (χ1n) is 10.4. The summed E-state index contributed by atoms with van der Waals surface area (Å²) in [6, 6.07) is 16.3. The van der Waals surface area contributed by atoms with Gasteiger partial charge in [0.2, 0.25) is 0 Å². The summed E-state index contributed by atoms with van der Waals surface area (Å²) in [5.41, 5.74) is 3.79. The van der Waals surface area contributed by atoms with Crippen LogP contribution < -0.4 is 5.32 Å². The fourth-order valence-electron chi connectivity index (χ4n) is 3.23. The van der Waals surface area contributed by atoms with Gasteiger partial charge in [0.05, 0.1) is 6.61 Å². The van der Waals surface area contributed by atoms with Crippen molar-refractivity contribution in [3.8, 4) is 0 Å². The number of ether oxygens (including phenoxy) is 1. The number of carbonyl (C=O) groups excluding carboxylic acids is 1. The highest BCUT2D eigenvalue weighted by atomic mass is 16.5. The summed E-state index contributed by atoms with van der Waals surface area (Å²) in [5.74, 6) is 0.676. The van der Waals surface area contributed by atoms with Crippen LogP contribution in [0.15, 0.2) is 48.5 Å². The lowest BCUT2D eigenvalue weighted by molar-refractivity contribution is 0.102. The Labute approximate surface area is 168 Å². The van der Waals surface area contributed by atoms with Crippen molar-refractivity contribution in [2.75, 3.05) is 18.5 Å². The molecule has 2 aromatic rings. The number of nitrogens with zero attached hydrogens (tertiary/aromatic N) is 1. The zero-order valence-electron chi connectivity index (χ0n) is 17.3. The van der Waals surface area contributed by atoms with Crippen LogP contribution in [0, 0.1) is 5.92 Å². The highest BCUT2D eigenvalue weighted by molar-refractivity contribution is 6.04. The predicted octanol–water partition coefficient (Wildman–Crippen LogP) is 5.10. The summed E-state index contributed by atoms with van der Waals surface area (Å²) >= 11 is 0. The van der Waals surface area contributed by atoms with Gasteiger partial charge >= 0.3 is 0 Å². The van der Waals surface area contributed by atoms with E-state index in [1.807, 2.05) is 48.5 Å². The Kier molecular flexibility index (Phi) is 7.24. The van der Waals surface area contributed by atoms with Crippen LogP contribution in [0.3, 0.4) is 0 Å². The van der Waals surface area contributed by atoms with Gasteiger partial charge in [-0.25, -0.2) is 0 Å². The largest absolute Gasteiger partial charge is 0.376 e. The van der Waals surface area contributed by atoms with Gasteiger partial charge in [-0.15, -0.1) is 0 Å². The third-order valence-corrected chi connectivity index (χ3v) is 5.24. The minimum Gasteiger partial charge on any atom is -0.376 e. The Balaban J connectivity index is 1.55. The van der Waals surface area contributed by atoms with E-state index in [1.54, 1.807) is 0 Å². The smallest absolute Gasteiger partial charge is 0.255 e. The second kappa shape index (κ2) is 9.85. The van der Waals surface area contributed by atoms with E-state index in [9.17, 15) is 4.79 Å². The SMILES string of the molecule is CCN(Cc1ccc(C(=O)Nc2cccc(COCC3CC3)c2)cc1)C(C)C. The molecular weight excluding hydrogens is 348 g/mol. The second-order valence-electron chi connectivity index (χ2n) is 7.97. The Morgan fingerprint density at radius 2 is 1.89 bits per heavy atom. The minimum absolute atomic E-state index is 0.0844. The molecule has 150 valence electrons. The Morgan fingerprint density at radius 1 is 1.14 bits per heavy atom. The molecule has 4 heteroatoms. The van der Waals surface area contributed by atoms with Crippen molar-refractivity contribution in [2.24, 2.45) is 5.92 Å². The van der Waals surface area contributed by atoms with Crippen molar-refractivity contribution in [1.29, 1.82) is 0 Å². The van der Waals surface area contributed by atoms with Gasteiger partial charge in [-0.2, -0.15) is 0 Å². The van der Waals surface area contributed by atoms with Gasteiger partial charge in [0.1, 0.15) is 0 Å². The van der Waals surface area contributed by atoms with Crippen LogP contribution >= 0.6 is 0 Å². The summed E-state index contributed by atoms with van der Waals surface area (Å²) in [4.78, 5) is 15.0. The minimum atomic E-state index is -0.0844. The molecule has 0 heterocycles. The Bertz CT molecular complexity index is 766. The van der Waals surface area contributed by atoms with Crippen molar-refractivity contribution in [3.63, 3.8) is 0 Å². The summed E-state index contributed by atoms with van der Waals surface area (Å²) in [6.07, 6.45) is 2.59. The van der Waals surface area contributed by atoms with Crippen LogP contribution in [0.25, 0.3) is 0 Å². The van der Waals surface area contributed by atoms with Crippen LogP contribution in [0.4, 0.5) is 5.69 Å². The zero-order chi connectivity index (χ0) is 19.9. The molecule has 28 heavy (non-hydrogen) atoms. The van der Waals surface area contributed by atoms with Gasteiger partial charge in [-0.05, 0) is 74.5 Å². The first kappa shape index (κ1) is 20.6.